The lowest BCUT2D eigenvalue weighted by molar-refractivity contribution is 0.0936. The van der Waals surface area contributed by atoms with Gasteiger partial charge in [-0.25, -0.2) is 0 Å². The molecule has 0 bridgehead atoms. The molecule has 2 aromatic rings. The van der Waals surface area contributed by atoms with Gasteiger partial charge in [0.25, 0.3) is 5.91 Å². The third kappa shape index (κ3) is 4.34. The van der Waals surface area contributed by atoms with Gasteiger partial charge in [-0.3, -0.25) is 4.79 Å². The van der Waals surface area contributed by atoms with Crippen molar-refractivity contribution in [2.75, 3.05) is 7.11 Å². The summed E-state index contributed by atoms with van der Waals surface area (Å²) in [7, 11) is 1.66. The van der Waals surface area contributed by atoms with E-state index in [1.54, 1.807) is 14.0 Å². The molecule has 0 spiro atoms. The topological polar surface area (TPSA) is 64.4 Å². The number of methoxy groups -OCH3 is 1. The Morgan fingerprint density at radius 2 is 2.04 bits per heavy atom. The number of hydrogen-bond donors (Lipinski definition) is 1. The number of ether oxygens (including phenoxy) is 1. The molecule has 5 heteroatoms. The molecule has 0 aliphatic carbocycles. The van der Waals surface area contributed by atoms with Crippen LogP contribution in [0, 0.1) is 6.92 Å². The highest BCUT2D eigenvalue weighted by Crippen LogP contribution is 2.15. The Morgan fingerprint density at radius 3 is 2.65 bits per heavy atom. The number of amides is 1. The van der Waals surface area contributed by atoms with Crippen molar-refractivity contribution in [3.63, 3.8) is 0 Å². The molecule has 0 saturated heterocycles. The Hall–Kier alpha value is -2.30. The van der Waals surface area contributed by atoms with Gasteiger partial charge in [-0.2, -0.15) is 0 Å². The molecule has 1 aromatic heterocycles. The molecule has 0 aliphatic rings. The van der Waals surface area contributed by atoms with Gasteiger partial charge in [0.1, 0.15) is 17.1 Å². The van der Waals surface area contributed by atoms with E-state index in [4.69, 9.17) is 9.26 Å². The average molecular weight is 316 g/mol. The van der Waals surface area contributed by atoms with Gasteiger partial charge >= 0.3 is 0 Å². The number of aryl methyl sites for hydroxylation is 3. The first-order valence-corrected chi connectivity index (χ1v) is 7.94. The Labute approximate surface area is 137 Å². The molecule has 5 nitrogen and oxygen atoms in total. The van der Waals surface area contributed by atoms with E-state index in [-0.39, 0.29) is 11.9 Å². The highest BCUT2D eigenvalue weighted by molar-refractivity contribution is 5.96. The second-order valence-electron chi connectivity index (χ2n) is 5.68. The fourth-order valence-electron chi connectivity index (χ4n) is 2.49. The van der Waals surface area contributed by atoms with E-state index in [1.807, 2.05) is 38.1 Å². The summed E-state index contributed by atoms with van der Waals surface area (Å²) in [5.41, 5.74) is 2.51. The van der Waals surface area contributed by atoms with Crippen LogP contribution in [0.15, 0.2) is 28.8 Å². The summed E-state index contributed by atoms with van der Waals surface area (Å²) in [6.45, 7) is 5.74. The number of nitrogens with zero attached hydrogens (tertiary/aromatic N) is 1. The van der Waals surface area contributed by atoms with Crippen molar-refractivity contribution in [1.29, 1.82) is 0 Å². The van der Waals surface area contributed by atoms with Crippen LogP contribution in [0.3, 0.4) is 0 Å². The third-order valence-corrected chi connectivity index (χ3v) is 3.90. The summed E-state index contributed by atoms with van der Waals surface area (Å²) in [6.07, 6.45) is 2.44. The lowest BCUT2D eigenvalue weighted by Gasteiger charge is -2.14. The molecule has 0 saturated carbocycles. The Kier molecular flexibility index (Phi) is 5.79. The molecule has 23 heavy (non-hydrogen) atoms. The van der Waals surface area contributed by atoms with Gasteiger partial charge < -0.3 is 14.6 Å². The predicted octanol–water partition coefficient (Wildman–Crippen LogP) is 3.31. The highest BCUT2D eigenvalue weighted by atomic mass is 16.5. The summed E-state index contributed by atoms with van der Waals surface area (Å²) in [5, 5.41) is 6.95. The number of benzene rings is 1. The van der Waals surface area contributed by atoms with Crippen LogP contribution >= 0.6 is 0 Å². The maximum absolute atomic E-state index is 12.4. The molecule has 2 rings (SSSR count). The van der Waals surface area contributed by atoms with Gasteiger partial charge in [0, 0.05) is 6.04 Å². The molecule has 0 unspecified atom stereocenters. The van der Waals surface area contributed by atoms with Crippen molar-refractivity contribution in [1.82, 2.24) is 10.5 Å². The number of nitrogens with one attached hydrogen (secondary N) is 1. The first-order chi connectivity index (χ1) is 11.0. The van der Waals surface area contributed by atoms with E-state index in [0.29, 0.717) is 23.4 Å². The van der Waals surface area contributed by atoms with Gasteiger partial charge in [-0.15, -0.1) is 0 Å². The zero-order chi connectivity index (χ0) is 16.8. The molecule has 1 N–H and O–H groups in total. The van der Waals surface area contributed by atoms with Crippen molar-refractivity contribution < 1.29 is 14.1 Å². The Bertz CT molecular complexity index is 647. The zero-order valence-corrected chi connectivity index (χ0v) is 14.2. The van der Waals surface area contributed by atoms with Crippen LogP contribution < -0.4 is 10.1 Å². The number of aromatic nitrogens is 1. The van der Waals surface area contributed by atoms with Gasteiger partial charge in [0.2, 0.25) is 0 Å². The SMILES string of the molecule is CCc1noc(C)c1C(=O)N[C@H](C)CCc1ccc(OC)cc1. The second-order valence-corrected chi connectivity index (χ2v) is 5.68. The average Bonchev–Trinajstić information content (AvgIpc) is 2.94. The molecule has 1 heterocycles. The molecule has 0 radical (unpaired) electrons. The molecular weight excluding hydrogens is 292 g/mol. The van der Waals surface area contributed by atoms with E-state index < -0.39 is 0 Å². The fraction of sp³-hybridized carbons (Fsp3) is 0.444. The first kappa shape index (κ1) is 17.1. The van der Waals surface area contributed by atoms with Crippen LogP contribution in [0.2, 0.25) is 0 Å². The monoisotopic (exact) mass is 316 g/mol. The number of carbonyl (C=O) groups excluding carboxylic acids is 1. The standard InChI is InChI=1S/C18H24N2O3/c1-5-16-17(13(3)23-20-16)18(21)19-12(2)6-7-14-8-10-15(22-4)11-9-14/h8-12H,5-7H2,1-4H3,(H,19,21)/t12-/m1/s1. The maximum atomic E-state index is 12.4. The van der Waals surface area contributed by atoms with Crippen LogP contribution in [0.1, 0.15) is 47.6 Å². The zero-order valence-electron chi connectivity index (χ0n) is 14.2. The van der Waals surface area contributed by atoms with Crippen LogP contribution in [0.5, 0.6) is 5.75 Å². The third-order valence-electron chi connectivity index (χ3n) is 3.90. The van der Waals surface area contributed by atoms with Gasteiger partial charge in [-0.1, -0.05) is 24.2 Å². The minimum atomic E-state index is -0.108. The Morgan fingerprint density at radius 1 is 1.35 bits per heavy atom. The lowest BCUT2D eigenvalue weighted by atomic mass is 10.1. The van der Waals surface area contributed by atoms with Crippen molar-refractivity contribution in [2.24, 2.45) is 0 Å². The van der Waals surface area contributed by atoms with Crippen molar-refractivity contribution >= 4 is 5.91 Å². The molecule has 1 aromatic carbocycles. The van der Waals surface area contributed by atoms with Crippen molar-refractivity contribution in [3.8, 4) is 5.75 Å². The van der Waals surface area contributed by atoms with Crippen LogP contribution in [-0.4, -0.2) is 24.2 Å². The van der Waals surface area contributed by atoms with Crippen LogP contribution in [0.4, 0.5) is 0 Å². The number of carbonyl (C=O) groups is 1. The second kappa shape index (κ2) is 7.81. The van der Waals surface area contributed by atoms with Gasteiger partial charge in [0.05, 0.1) is 12.8 Å². The van der Waals surface area contributed by atoms with Gasteiger partial charge in [0.15, 0.2) is 0 Å². The highest BCUT2D eigenvalue weighted by Gasteiger charge is 2.20. The molecule has 1 atom stereocenters. The first-order valence-electron chi connectivity index (χ1n) is 7.94. The maximum Gasteiger partial charge on any atom is 0.257 e. The van der Waals surface area contributed by atoms with Crippen LogP contribution in [0.25, 0.3) is 0 Å². The molecule has 0 fully saturated rings. The molecular formula is C18H24N2O3. The smallest absolute Gasteiger partial charge is 0.257 e. The fourth-order valence-corrected chi connectivity index (χ4v) is 2.49. The predicted molar refractivity (Wildman–Crippen MR) is 88.9 cm³/mol. The summed E-state index contributed by atoms with van der Waals surface area (Å²) < 4.78 is 10.3. The van der Waals surface area contributed by atoms with E-state index in [1.165, 1.54) is 5.56 Å². The van der Waals surface area contributed by atoms with Crippen molar-refractivity contribution in [2.45, 2.75) is 46.1 Å². The minimum absolute atomic E-state index is 0.0728. The molecule has 124 valence electrons. The normalized spacial score (nSPS) is 12.0. The summed E-state index contributed by atoms with van der Waals surface area (Å²) in [4.78, 5) is 12.4. The van der Waals surface area contributed by atoms with Crippen molar-refractivity contribution in [3.05, 3.63) is 46.8 Å². The molecule has 0 aliphatic heterocycles. The van der Waals surface area contributed by atoms with E-state index in [2.05, 4.69) is 10.5 Å². The van der Waals surface area contributed by atoms with E-state index >= 15 is 0 Å². The summed E-state index contributed by atoms with van der Waals surface area (Å²) >= 11 is 0. The van der Waals surface area contributed by atoms with Crippen LogP contribution in [-0.2, 0) is 12.8 Å². The van der Waals surface area contributed by atoms with Gasteiger partial charge in [-0.05, 0) is 50.8 Å². The Balaban J connectivity index is 1.89. The van der Waals surface area contributed by atoms with E-state index in [9.17, 15) is 4.79 Å². The number of hydrogen-bond acceptors (Lipinski definition) is 4. The summed E-state index contributed by atoms with van der Waals surface area (Å²) in [6, 6.07) is 8.07. The van der Waals surface area contributed by atoms with E-state index in [0.717, 1.165) is 18.6 Å². The quantitative estimate of drug-likeness (QED) is 0.851. The largest absolute Gasteiger partial charge is 0.497 e. The number of rotatable bonds is 7. The lowest BCUT2D eigenvalue weighted by Crippen LogP contribution is -2.33. The summed E-state index contributed by atoms with van der Waals surface area (Å²) in [5.74, 6) is 1.31. The minimum Gasteiger partial charge on any atom is -0.497 e. The molecule has 1 amide bonds.